The Morgan fingerprint density at radius 1 is 1.43 bits per heavy atom. The topological polar surface area (TPSA) is 55.5 Å². The zero-order valence-corrected chi connectivity index (χ0v) is 8.07. The highest BCUT2D eigenvalue weighted by atomic mass is 16.5. The largest absolute Gasteiger partial charge is 0.490 e. The number of nitrogens with two attached hydrogens (primary N) is 1. The minimum Gasteiger partial charge on any atom is -0.490 e. The van der Waals surface area contributed by atoms with E-state index in [2.05, 4.69) is 0 Å². The highest BCUT2D eigenvalue weighted by molar-refractivity contribution is 5.47. The van der Waals surface area contributed by atoms with Crippen LogP contribution < -0.4 is 10.5 Å². The summed E-state index contributed by atoms with van der Waals surface area (Å²) in [6.45, 7) is -0.0207. The predicted molar refractivity (Wildman–Crippen MR) is 55.0 cm³/mol. The molecule has 2 rings (SSSR count). The molecule has 0 heterocycles. The molecule has 3 heteroatoms. The lowest BCUT2D eigenvalue weighted by Crippen LogP contribution is -2.25. The SMILES string of the molecule is Nc1ccc(OC2CCC2)c(CO)c1. The second-order valence-electron chi connectivity index (χ2n) is 3.70. The second kappa shape index (κ2) is 3.88. The van der Waals surface area contributed by atoms with Crippen LogP contribution in [-0.2, 0) is 6.61 Å². The fraction of sp³-hybridized carbons (Fsp3) is 0.455. The second-order valence-corrected chi connectivity index (χ2v) is 3.70. The lowest BCUT2D eigenvalue weighted by atomic mass is 9.96. The number of hydrogen-bond donors (Lipinski definition) is 2. The summed E-state index contributed by atoms with van der Waals surface area (Å²) in [5, 5.41) is 9.11. The molecule has 1 aliphatic carbocycles. The lowest BCUT2D eigenvalue weighted by Gasteiger charge is -2.27. The number of aliphatic hydroxyl groups excluding tert-OH is 1. The number of hydrogen-bond acceptors (Lipinski definition) is 3. The van der Waals surface area contributed by atoms with Crippen LogP contribution in [0.25, 0.3) is 0 Å². The molecule has 0 aromatic heterocycles. The van der Waals surface area contributed by atoms with E-state index >= 15 is 0 Å². The van der Waals surface area contributed by atoms with E-state index in [-0.39, 0.29) is 6.61 Å². The number of aliphatic hydroxyl groups is 1. The maximum absolute atomic E-state index is 9.11. The molecule has 0 spiro atoms. The van der Waals surface area contributed by atoms with Gasteiger partial charge in [0.1, 0.15) is 5.75 Å². The van der Waals surface area contributed by atoms with Crippen LogP contribution in [0.15, 0.2) is 18.2 Å². The summed E-state index contributed by atoms with van der Waals surface area (Å²) in [6, 6.07) is 5.39. The molecule has 1 aliphatic rings. The zero-order chi connectivity index (χ0) is 9.97. The third-order valence-electron chi connectivity index (χ3n) is 2.60. The first-order chi connectivity index (χ1) is 6.79. The fourth-order valence-corrected chi connectivity index (χ4v) is 1.51. The number of anilines is 1. The molecular weight excluding hydrogens is 178 g/mol. The Kier molecular flexibility index (Phi) is 2.59. The van der Waals surface area contributed by atoms with Gasteiger partial charge < -0.3 is 15.6 Å². The van der Waals surface area contributed by atoms with Gasteiger partial charge in [-0.05, 0) is 37.5 Å². The first-order valence-corrected chi connectivity index (χ1v) is 4.95. The average molecular weight is 193 g/mol. The Labute approximate surface area is 83.5 Å². The average Bonchev–Trinajstić information content (AvgIpc) is 2.13. The Morgan fingerprint density at radius 3 is 2.79 bits per heavy atom. The molecule has 0 aliphatic heterocycles. The Balaban J connectivity index is 2.14. The van der Waals surface area contributed by atoms with Crippen LogP contribution in [0.2, 0.25) is 0 Å². The summed E-state index contributed by atoms with van der Waals surface area (Å²) in [6.07, 6.45) is 3.82. The van der Waals surface area contributed by atoms with E-state index in [9.17, 15) is 0 Å². The molecule has 3 nitrogen and oxygen atoms in total. The minimum absolute atomic E-state index is 0.0207. The summed E-state index contributed by atoms with van der Waals surface area (Å²) in [7, 11) is 0. The molecule has 0 bridgehead atoms. The molecule has 0 radical (unpaired) electrons. The Morgan fingerprint density at radius 2 is 2.21 bits per heavy atom. The molecular formula is C11H15NO2. The molecule has 76 valence electrons. The Hall–Kier alpha value is -1.22. The number of rotatable bonds is 3. The first kappa shape index (κ1) is 9.34. The summed E-state index contributed by atoms with van der Waals surface area (Å²) >= 11 is 0. The molecule has 14 heavy (non-hydrogen) atoms. The van der Waals surface area contributed by atoms with Crippen molar-refractivity contribution >= 4 is 5.69 Å². The minimum atomic E-state index is -0.0207. The summed E-state index contributed by atoms with van der Waals surface area (Å²) in [4.78, 5) is 0. The van der Waals surface area contributed by atoms with E-state index in [1.165, 1.54) is 6.42 Å². The van der Waals surface area contributed by atoms with Crippen molar-refractivity contribution in [1.29, 1.82) is 0 Å². The van der Waals surface area contributed by atoms with Gasteiger partial charge >= 0.3 is 0 Å². The van der Waals surface area contributed by atoms with Crippen molar-refractivity contribution in [3.05, 3.63) is 23.8 Å². The van der Waals surface area contributed by atoms with Gasteiger partial charge in [-0.15, -0.1) is 0 Å². The molecule has 0 saturated heterocycles. The van der Waals surface area contributed by atoms with Crippen molar-refractivity contribution in [3.63, 3.8) is 0 Å². The fourth-order valence-electron chi connectivity index (χ4n) is 1.51. The normalized spacial score (nSPS) is 16.4. The van der Waals surface area contributed by atoms with Crippen molar-refractivity contribution in [2.24, 2.45) is 0 Å². The molecule has 0 unspecified atom stereocenters. The van der Waals surface area contributed by atoms with Crippen LogP contribution in [0.5, 0.6) is 5.75 Å². The highest BCUT2D eigenvalue weighted by Gasteiger charge is 2.20. The Bertz CT molecular complexity index is 321. The number of nitrogen functional groups attached to an aromatic ring is 1. The number of ether oxygens (including phenoxy) is 1. The van der Waals surface area contributed by atoms with Gasteiger partial charge in [0, 0.05) is 11.3 Å². The van der Waals surface area contributed by atoms with Gasteiger partial charge in [0.05, 0.1) is 12.7 Å². The van der Waals surface area contributed by atoms with Gasteiger partial charge in [0.15, 0.2) is 0 Å². The van der Waals surface area contributed by atoms with Crippen LogP contribution in [0, 0.1) is 0 Å². The summed E-state index contributed by atoms with van der Waals surface area (Å²) < 4.78 is 5.71. The molecule has 3 N–H and O–H groups in total. The molecule has 0 atom stereocenters. The lowest BCUT2D eigenvalue weighted by molar-refractivity contribution is 0.116. The van der Waals surface area contributed by atoms with Gasteiger partial charge in [0.25, 0.3) is 0 Å². The molecule has 0 amide bonds. The van der Waals surface area contributed by atoms with Crippen molar-refractivity contribution < 1.29 is 9.84 Å². The monoisotopic (exact) mass is 193 g/mol. The highest BCUT2D eigenvalue weighted by Crippen LogP contribution is 2.28. The molecule has 1 saturated carbocycles. The van der Waals surface area contributed by atoms with E-state index in [0.29, 0.717) is 11.8 Å². The van der Waals surface area contributed by atoms with Crippen LogP contribution in [-0.4, -0.2) is 11.2 Å². The van der Waals surface area contributed by atoms with E-state index in [4.69, 9.17) is 15.6 Å². The number of benzene rings is 1. The molecule has 1 aromatic carbocycles. The predicted octanol–water partition coefficient (Wildman–Crippen LogP) is 1.69. The van der Waals surface area contributed by atoms with Crippen molar-refractivity contribution in [2.45, 2.75) is 32.0 Å². The van der Waals surface area contributed by atoms with Crippen LogP contribution in [0.3, 0.4) is 0 Å². The van der Waals surface area contributed by atoms with Gasteiger partial charge in [0.2, 0.25) is 0 Å². The van der Waals surface area contributed by atoms with Crippen LogP contribution in [0.1, 0.15) is 24.8 Å². The van der Waals surface area contributed by atoms with Gasteiger partial charge in [-0.1, -0.05) is 0 Å². The zero-order valence-electron chi connectivity index (χ0n) is 8.07. The molecule has 1 aromatic rings. The third-order valence-corrected chi connectivity index (χ3v) is 2.60. The van der Waals surface area contributed by atoms with Crippen LogP contribution in [0.4, 0.5) is 5.69 Å². The standard InChI is InChI=1S/C11H15NO2/c12-9-4-5-11(8(6-9)7-13)14-10-2-1-3-10/h4-6,10,13H,1-3,7,12H2. The smallest absolute Gasteiger partial charge is 0.125 e. The van der Waals surface area contributed by atoms with Crippen molar-refractivity contribution in [3.8, 4) is 5.75 Å². The molecule has 1 fully saturated rings. The summed E-state index contributed by atoms with van der Waals surface area (Å²) in [5.41, 5.74) is 7.05. The summed E-state index contributed by atoms with van der Waals surface area (Å²) in [5.74, 6) is 0.770. The van der Waals surface area contributed by atoms with E-state index < -0.39 is 0 Å². The maximum atomic E-state index is 9.11. The van der Waals surface area contributed by atoms with Crippen molar-refractivity contribution in [2.75, 3.05) is 5.73 Å². The van der Waals surface area contributed by atoms with E-state index in [1.807, 2.05) is 6.07 Å². The maximum Gasteiger partial charge on any atom is 0.125 e. The van der Waals surface area contributed by atoms with Gasteiger partial charge in [-0.3, -0.25) is 0 Å². The third kappa shape index (κ3) is 1.82. The van der Waals surface area contributed by atoms with E-state index in [0.717, 1.165) is 24.2 Å². The van der Waals surface area contributed by atoms with E-state index in [1.54, 1.807) is 12.1 Å². The van der Waals surface area contributed by atoms with Gasteiger partial charge in [-0.2, -0.15) is 0 Å². The first-order valence-electron chi connectivity index (χ1n) is 4.95. The van der Waals surface area contributed by atoms with Crippen molar-refractivity contribution in [1.82, 2.24) is 0 Å². The van der Waals surface area contributed by atoms with Crippen LogP contribution >= 0.6 is 0 Å². The van der Waals surface area contributed by atoms with Gasteiger partial charge in [-0.25, -0.2) is 0 Å². The quantitative estimate of drug-likeness (QED) is 0.718.